The van der Waals surface area contributed by atoms with Gasteiger partial charge in [-0.3, -0.25) is 0 Å². The molecule has 0 radical (unpaired) electrons. The molecular weight excluding hydrogens is 277 g/mol. The van der Waals surface area contributed by atoms with Crippen molar-refractivity contribution in [2.24, 2.45) is 5.73 Å². The zero-order valence-electron chi connectivity index (χ0n) is 11.5. The lowest BCUT2D eigenvalue weighted by Gasteiger charge is -2.15. The molecule has 4 heteroatoms. The van der Waals surface area contributed by atoms with E-state index in [0.29, 0.717) is 11.3 Å². The standard InChI is InChI=1S/C16H17ClFNO/c1-10-6-7-13(11(2)19)15(8-10)20-9-12-4-3-5-14(17)16(12)18/h3-8,11H,9,19H2,1-2H3/t11-/m1/s1. The zero-order chi connectivity index (χ0) is 14.7. The highest BCUT2D eigenvalue weighted by atomic mass is 35.5. The van der Waals surface area contributed by atoms with Crippen LogP contribution in [-0.2, 0) is 6.61 Å². The first kappa shape index (κ1) is 14.8. The molecule has 1 atom stereocenters. The van der Waals surface area contributed by atoms with Gasteiger partial charge < -0.3 is 10.5 Å². The molecular formula is C16H17ClFNO. The summed E-state index contributed by atoms with van der Waals surface area (Å²) in [7, 11) is 0. The Balaban J connectivity index is 2.22. The Morgan fingerprint density at radius 2 is 2.05 bits per heavy atom. The third kappa shape index (κ3) is 3.30. The molecule has 0 fully saturated rings. The van der Waals surface area contributed by atoms with Gasteiger partial charge in [0.05, 0.1) is 5.02 Å². The molecule has 2 rings (SSSR count). The second-order valence-corrected chi connectivity index (χ2v) is 5.24. The smallest absolute Gasteiger partial charge is 0.148 e. The fraction of sp³-hybridized carbons (Fsp3) is 0.250. The van der Waals surface area contributed by atoms with Gasteiger partial charge in [-0.2, -0.15) is 0 Å². The van der Waals surface area contributed by atoms with Gasteiger partial charge in [-0.15, -0.1) is 0 Å². The van der Waals surface area contributed by atoms with E-state index >= 15 is 0 Å². The Bertz CT molecular complexity index is 613. The van der Waals surface area contributed by atoms with Crippen molar-refractivity contribution in [1.29, 1.82) is 0 Å². The quantitative estimate of drug-likeness (QED) is 0.907. The van der Waals surface area contributed by atoms with Crippen LogP contribution >= 0.6 is 11.6 Å². The van der Waals surface area contributed by atoms with Gasteiger partial charge >= 0.3 is 0 Å². The Morgan fingerprint density at radius 1 is 1.30 bits per heavy atom. The van der Waals surface area contributed by atoms with Crippen molar-refractivity contribution in [2.45, 2.75) is 26.5 Å². The molecule has 0 heterocycles. The maximum atomic E-state index is 13.8. The van der Waals surface area contributed by atoms with Gasteiger partial charge in [0.15, 0.2) is 0 Å². The van der Waals surface area contributed by atoms with Crippen LogP contribution in [0, 0.1) is 12.7 Å². The van der Waals surface area contributed by atoms with Crippen molar-refractivity contribution in [3.05, 3.63) is 63.9 Å². The summed E-state index contributed by atoms with van der Waals surface area (Å²) in [6.07, 6.45) is 0. The third-order valence-corrected chi connectivity index (χ3v) is 3.37. The van der Waals surface area contributed by atoms with Crippen LogP contribution in [0.25, 0.3) is 0 Å². The van der Waals surface area contributed by atoms with Gasteiger partial charge in [0, 0.05) is 17.2 Å². The van der Waals surface area contributed by atoms with Crippen molar-refractivity contribution in [1.82, 2.24) is 0 Å². The Morgan fingerprint density at radius 3 is 2.75 bits per heavy atom. The minimum absolute atomic E-state index is 0.0998. The number of rotatable bonds is 4. The van der Waals surface area contributed by atoms with E-state index in [1.54, 1.807) is 12.1 Å². The van der Waals surface area contributed by atoms with E-state index in [4.69, 9.17) is 22.1 Å². The van der Waals surface area contributed by atoms with Crippen LogP contribution in [0.5, 0.6) is 5.75 Å². The van der Waals surface area contributed by atoms with Crippen molar-refractivity contribution >= 4 is 11.6 Å². The van der Waals surface area contributed by atoms with Crippen LogP contribution in [0.15, 0.2) is 36.4 Å². The second kappa shape index (κ2) is 6.25. The van der Waals surface area contributed by atoms with Crippen LogP contribution in [0.3, 0.4) is 0 Å². The molecule has 0 saturated carbocycles. The van der Waals surface area contributed by atoms with Crippen LogP contribution in [0.1, 0.15) is 29.7 Å². The summed E-state index contributed by atoms with van der Waals surface area (Å²) in [5.41, 5.74) is 8.30. The van der Waals surface area contributed by atoms with Crippen molar-refractivity contribution in [2.75, 3.05) is 0 Å². The van der Waals surface area contributed by atoms with Crippen LogP contribution in [-0.4, -0.2) is 0 Å². The fourth-order valence-corrected chi connectivity index (χ4v) is 2.15. The molecule has 0 aliphatic carbocycles. The molecule has 0 saturated heterocycles. The van der Waals surface area contributed by atoms with Crippen molar-refractivity contribution in [3.8, 4) is 5.75 Å². The summed E-state index contributed by atoms with van der Waals surface area (Å²) in [6, 6.07) is 10.5. The Labute approximate surface area is 123 Å². The lowest BCUT2D eigenvalue weighted by molar-refractivity contribution is 0.295. The number of benzene rings is 2. The maximum absolute atomic E-state index is 13.8. The van der Waals surface area contributed by atoms with E-state index in [9.17, 15) is 4.39 Å². The van der Waals surface area contributed by atoms with Gasteiger partial charge in [-0.05, 0) is 31.5 Å². The van der Waals surface area contributed by atoms with Gasteiger partial charge in [0.25, 0.3) is 0 Å². The van der Waals surface area contributed by atoms with Crippen LogP contribution in [0.2, 0.25) is 5.02 Å². The highest BCUT2D eigenvalue weighted by Gasteiger charge is 2.11. The fourth-order valence-electron chi connectivity index (χ4n) is 1.96. The lowest BCUT2D eigenvalue weighted by atomic mass is 10.1. The van der Waals surface area contributed by atoms with Gasteiger partial charge in [-0.1, -0.05) is 35.9 Å². The van der Waals surface area contributed by atoms with E-state index in [-0.39, 0.29) is 17.7 Å². The number of halogens is 2. The number of nitrogens with two attached hydrogens (primary N) is 1. The topological polar surface area (TPSA) is 35.2 Å². The first-order valence-corrected chi connectivity index (χ1v) is 6.78. The Kier molecular flexibility index (Phi) is 4.63. The molecule has 0 aliphatic rings. The summed E-state index contributed by atoms with van der Waals surface area (Å²) >= 11 is 5.75. The average molecular weight is 294 g/mol. The predicted octanol–water partition coefficient (Wildman–Crippen LogP) is 4.39. The Hall–Kier alpha value is -1.58. The van der Waals surface area contributed by atoms with Crippen LogP contribution in [0.4, 0.5) is 4.39 Å². The summed E-state index contributed by atoms with van der Waals surface area (Å²) in [4.78, 5) is 0. The largest absolute Gasteiger partial charge is 0.488 e. The van der Waals surface area contributed by atoms with E-state index in [1.165, 1.54) is 6.07 Å². The predicted molar refractivity (Wildman–Crippen MR) is 79.5 cm³/mol. The summed E-state index contributed by atoms with van der Waals surface area (Å²) in [5, 5.41) is 0.0998. The average Bonchev–Trinajstić information content (AvgIpc) is 2.40. The monoisotopic (exact) mass is 293 g/mol. The second-order valence-electron chi connectivity index (χ2n) is 4.83. The molecule has 106 valence electrons. The van der Waals surface area contributed by atoms with Crippen LogP contribution < -0.4 is 10.5 Å². The van der Waals surface area contributed by atoms with E-state index in [1.807, 2.05) is 32.0 Å². The summed E-state index contributed by atoms with van der Waals surface area (Å²) in [6.45, 7) is 3.98. The number of ether oxygens (including phenoxy) is 1. The molecule has 20 heavy (non-hydrogen) atoms. The SMILES string of the molecule is Cc1ccc([C@@H](C)N)c(OCc2cccc(Cl)c2F)c1. The maximum Gasteiger partial charge on any atom is 0.148 e. The molecule has 0 aliphatic heterocycles. The molecule has 2 aromatic rings. The van der Waals surface area contributed by atoms with Crippen molar-refractivity contribution in [3.63, 3.8) is 0 Å². The molecule has 0 aromatic heterocycles. The molecule has 2 nitrogen and oxygen atoms in total. The molecule has 0 unspecified atom stereocenters. The van der Waals surface area contributed by atoms with E-state index in [0.717, 1.165) is 11.1 Å². The zero-order valence-corrected chi connectivity index (χ0v) is 12.2. The normalized spacial score (nSPS) is 12.2. The summed E-state index contributed by atoms with van der Waals surface area (Å²) < 4.78 is 19.5. The van der Waals surface area contributed by atoms with Gasteiger partial charge in [0.2, 0.25) is 0 Å². The van der Waals surface area contributed by atoms with Crippen molar-refractivity contribution < 1.29 is 9.13 Å². The van der Waals surface area contributed by atoms with E-state index in [2.05, 4.69) is 0 Å². The number of hydrogen-bond acceptors (Lipinski definition) is 2. The first-order valence-electron chi connectivity index (χ1n) is 6.41. The lowest BCUT2D eigenvalue weighted by Crippen LogP contribution is -2.08. The minimum Gasteiger partial charge on any atom is -0.488 e. The van der Waals surface area contributed by atoms with Gasteiger partial charge in [-0.25, -0.2) is 4.39 Å². The molecule has 0 spiro atoms. The van der Waals surface area contributed by atoms with E-state index < -0.39 is 5.82 Å². The first-order chi connectivity index (χ1) is 9.49. The molecule has 2 aromatic carbocycles. The molecule has 2 N–H and O–H groups in total. The number of hydrogen-bond donors (Lipinski definition) is 1. The minimum atomic E-state index is -0.441. The highest BCUT2D eigenvalue weighted by molar-refractivity contribution is 6.30. The molecule has 0 amide bonds. The highest BCUT2D eigenvalue weighted by Crippen LogP contribution is 2.27. The third-order valence-electron chi connectivity index (χ3n) is 3.07. The summed E-state index contributed by atoms with van der Waals surface area (Å²) in [5.74, 6) is 0.239. The van der Waals surface area contributed by atoms with Gasteiger partial charge in [0.1, 0.15) is 18.2 Å². The molecule has 0 bridgehead atoms. The number of aryl methyl sites for hydroxylation is 1.